The van der Waals surface area contributed by atoms with E-state index in [0.29, 0.717) is 23.8 Å². The second kappa shape index (κ2) is 6.43. The second-order valence-electron chi connectivity index (χ2n) is 5.50. The fourth-order valence-corrected chi connectivity index (χ4v) is 2.23. The minimum Gasteiger partial charge on any atom is -0.467 e. The van der Waals surface area contributed by atoms with Gasteiger partial charge >= 0.3 is 5.97 Å². The van der Waals surface area contributed by atoms with Crippen LogP contribution in [-0.2, 0) is 9.53 Å². The first-order chi connectivity index (χ1) is 9.99. The van der Waals surface area contributed by atoms with Gasteiger partial charge in [0.15, 0.2) is 0 Å². The summed E-state index contributed by atoms with van der Waals surface area (Å²) in [6, 6.07) is 8.94. The van der Waals surface area contributed by atoms with Gasteiger partial charge in [-0.05, 0) is 42.7 Å². The van der Waals surface area contributed by atoms with Gasteiger partial charge in [0.2, 0.25) is 0 Å². The fourth-order valence-electron chi connectivity index (χ4n) is 2.23. The molecule has 1 heterocycles. The van der Waals surface area contributed by atoms with Gasteiger partial charge in [-0.25, -0.2) is 9.78 Å². The SMILES string of the molecule is COC(=O)C(CC(C)C)Nc1ccc2cc(N)ccc2n1. The molecule has 0 saturated carbocycles. The molecule has 0 spiro atoms. The number of anilines is 2. The average Bonchev–Trinajstić information content (AvgIpc) is 2.45. The maximum absolute atomic E-state index is 11.8. The van der Waals surface area contributed by atoms with Crippen molar-refractivity contribution in [1.82, 2.24) is 4.98 Å². The molecule has 112 valence electrons. The molecule has 0 aliphatic heterocycles. The van der Waals surface area contributed by atoms with Crippen molar-refractivity contribution in [3.05, 3.63) is 30.3 Å². The molecule has 0 aliphatic carbocycles. The molecule has 0 amide bonds. The molecule has 1 unspecified atom stereocenters. The molecule has 1 aromatic carbocycles. The lowest BCUT2D eigenvalue weighted by Crippen LogP contribution is -2.32. The number of rotatable bonds is 5. The van der Waals surface area contributed by atoms with Gasteiger partial charge in [-0.15, -0.1) is 0 Å². The van der Waals surface area contributed by atoms with E-state index in [1.54, 1.807) is 0 Å². The highest BCUT2D eigenvalue weighted by atomic mass is 16.5. The summed E-state index contributed by atoms with van der Waals surface area (Å²) in [6.07, 6.45) is 0.689. The van der Waals surface area contributed by atoms with Crippen LogP contribution in [0, 0.1) is 5.92 Å². The number of carbonyl (C=O) groups is 1. The van der Waals surface area contributed by atoms with Crippen molar-refractivity contribution >= 4 is 28.4 Å². The smallest absolute Gasteiger partial charge is 0.328 e. The molecule has 0 aliphatic rings. The van der Waals surface area contributed by atoms with Gasteiger partial charge in [0.05, 0.1) is 12.6 Å². The Labute approximate surface area is 124 Å². The highest BCUT2D eigenvalue weighted by molar-refractivity contribution is 5.84. The summed E-state index contributed by atoms with van der Waals surface area (Å²) in [6.45, 7) is 4.13. The van der Waals surface area contributed by atoms with Crippen molar-refractivity contribution in [2.75, 3.05) is 18.2 Å². The Kier molecular flexibility index (Phi) is 4.62. The van der Waals surface area contributed by atoms with Gasteiger partial charge in [-0.1, -0.05) is 13.8 Å². The van der Waals surface area contributed by atoms with E-state index in [2.05, 4.69) is 24.1 Å². The number of nitrogens with zero attached hydrogens (tertiary/aromatic N) is 1. The number of fused-ring (bicyclic) bond motifs is 1. The van der Waals surface area contributed by atoms with Crippen LogP contribution in [0.4, 0.5) is 11.5 Å². The largest absolute Gasteiger partial charge is 0.467 e. The normalized spacial score (nSPS) is 12.4. The molecule has 1 atom stereocenters. The van der Waals surface area contributed by atoms with E-state index in [4.69, 9.17) is 10.5 Å². The van der Waals surface area contributed by atoms with E-state index in [0.717, 1.165) is 10.9 Å². The van der Waals surface area contributed by atoms with Crippen LogP contribution in [-0.4, -0.2) is 24.1 Å². The zero-order valence-electron chi connectivity index (χ0n) is 12.6. The lowest BCUT2D eigenvalue weighted by molar-refractivity contribution is -0.141. The number of methoxy groups -OCH3 is 1. The molecule has 5 nitrogen and oxygen atoms in total. The van der Waals surface area contributed by atoms with Crippen LogP contribution in [0.3, 0.4) is 0 Å². The van der Waals surface area contributed by atoms with E-state index < -0.39 is 6.04 Å². The Balaban J connectivity index is 2.23. The number of pyridine rings is 1. The molecule has 21 heavy (non-hydrogen) atoms. The Bertz CT molecular complexity index is 640. The molecular weight excluding hydrogens is 266 g/mol. The summed E-state index contributed by atoms with van der Waals surface area (Å²) < 4.78 is 4.84. The van der Waals surface area contributed by atoms with Crippen LogP contribution >= 0.6 is 0 Å². The van der Waals surface area contributed by atoms with Crippen LogP contribution in [0.1, 0.15) is 20.3 Å². The molecule has 1 aromatic heterocycles. The molecule has 0 radical (unpaired) electrons. The minimum atomic E-state index is -0.395. The third-order valence-corrected chi connectivity index (χ3v) is 3.23. The Morgan fingerprint density at radius 2 is 2.10 bits per heavy atom. The van der Waals surface area contributed by atoms with Crippen molar-refractivity contribution in [3.63, 3.8) is 0 Å². The van der Waals surface area contributed by atoms with Gasteiger partial charge in [-0.2, -0.15) is 0 Å². The minimum absolute atomic E-state index is 0.275. The second-order valence-corrected chi connectivity index (χ2v) is 5.50. The van der Waals surface area contributed by atoms with Crippen LogP contribution in [0.15, 0.2) is 30.3 Å². The number of nitrogens with one attached hydrogen (secondary N) is 1. The summed E-state index contributed by atoms with van der Waals surface area (Å²) in [5.74, 6) is 0.757. The quantitative estimate of drug-likeness (QED) is 0.653. The van der Waals surface area contributed by atoms with Crippen LogP contribution in [0.25, 0.3) is 10.9 Å². The van der Waals surface area contributed by atoms with Gasteiger partial charge in [0, 0.05) is 11.1 Å². The van der Waals surface area contributed by atoms with E-state index in [1.165, 1.54) is 7.11 Å². The number of hydrogen-bond acceptors (Lipinski definition) is 5. The summed E-state index contributed by atoms with van der Waals surface area (Å²) in [4.78, 5) is 16.3. The molecule has 0 bridgehead atoms. The van der Waals surface area contributed by atoms with Gasteiger partial charge in [0.1, 0.15) is 11.9 Å². The number of esters is 1. The van der Waals surface area contributed by atoms with E-state index in [1.807, 2.05) is 30.3 Å². The zero-order valence-corrected chi connectivity index (χ0v) is 12.6. The first-order valence-electron chi connectivity index (χ1n) is 7.00. The summed E-state index contributed by atoms with van der Waals surface area (Å²) >= 11 is 0. The van der Waals surface area contributed by atoms with Crippen LogP contribution < -0.4 is 11.1 Å². The van der Waals surface area contributed by atoms with Crippen molar-refractivity contribution in [2.45, 2.75) is 26.3 Å². The lowest BCUT2D eigenvalue weighted by Gasteiger charge is -2.19. The highest BCUT2D eigenvalue weighted by Crippen LogP contribution is 2.19. The number of carbonyl (C=O) groups excluding carboxylic acids is 1. The number of ether oxygens (including phenoxy) is 1. The van der Waals surface area contributed by atoms with Gasteiger partial charge in [0.25, 0.3) is 0 Å². The number of nitrogens with two attached hydrogens (primary N) is 1. The number of hydrogen-bond donors (Lipinski definition) is 2. The van der Waals surface area contributed by atoms with E-state index in [9.17, 15) is 4.79 Å². The van der Waals surface area contributed by atoms with Crippen LogP contribution in [0.5, 0.6) is 0 Å². The molecule has 0 fully saturated rings. The highest BCUT2D eigenvalue weighted by Gasteiger charge is 2.20. The first-order valence-corrected chi connectivity index (χ1v) is 7.00. The molecule has 3 N–H and O–H groups in total. The van der Waals surface area contributed by atoms with Crippen molar-refractivity contribution in [2.24, 2.45) is 5.92 Å². The van der Waals surface area contributed by atoms with Gasteiger partial charge < -0.3 is 15.8 Å². The Hall–Kier alpha value is -2.30. The lowest BCUT2D eigenvalue weighted by atomic mass is 10.0. The van der Waals surface area contributed by atoms with E-state index in [-0.39, 0.29) is 5.97 Å². The topological polar surface area (TPSA) is 77.2 Å². The standard InChI is InChI=1S/C16H21N3O2/c1-10(2)8-14(16(20)21-3)19-15-7-4-11-9-12(17)5-6-13(11)18-15/h4-7,9-10,14H,8,17H2,1-3H3,(H,18,19). The monoisotopic (exact) mass is 287 g/mol. The predicted octanol–water partition coefficient (Wildman–Crippen LogP) is 2.82. The summed E-state index contributed by atoms with van der Waals surface area (Å²) in [5, 5.41) is 4.12. The molecule has 5 heteroatoms. The number of nitrogen functional groups attached to an aromatic ring is 1. The van der Waals surface area contributed by atoms with Crippen molar-refractivity contribution in [3.8, 4) is 0 Å². The number of benzene rings is 1. The Morgan fingerprint density at radius 3 is 2.76 bits per heavy atom. The molecular formula is C16H21N3O2. The van der Waals surface area contributed by atoms with E-state index >= 15 is 0 Å². The average molecular weight is 287 g/mol. The molecule has 2 rings (SSSR count). The molecule has 0 saturated heterocycles. The third kappa shape index (κ3) is 3.84. The van der Waals surface area contributed by atoms with Gasteiger partial charge in [-0.3, -0.25) is 0 Å². The maximum atomic E-state index is 11.8. The summed E-state index contributed by atoms with van der Waals surface area (Å²) in [5.41, 5.74) is 7.29. The maximum Gasteiger partial charge on any atom is 0.328 e. The zero-order chi connectivity index (χ0) is 15.4. The predicted molar refractivity (Wildman–Crippen MR) is 85.0 cm³/mol. The number of aromatic nitrogens is 1. The molecule has 2 aromatic rings. The summed E-state index contributed by atoms with van der Waals surface area (Å²) in [7, 11) is 1.40. The Morgan fingerprint density at radius 1 is 1.33 bits per heavy atom. The van der Waals surface area contributed by atoms with Crippen molar-refractivity contribution in [1.29, 1.82) is 0 Å². The van der Waals surface area contributed by atoms with Crippen LogP contribution in [0.2, 0.25) is 0 Å². The third-order valence-electron chi connectivity index (χ3n) is 3.23. The fraction of sp³-hybridized carbons (Fsp3) is 0.375. The van der Waals surface area contributed by atoms with Crippen molar-refractivity contribution < 1.29 is 9.53 Å². The first kappa shape index (κ1) is 15.1.